The van der Waals surface area contributed by atoms with Crippen molar-refractivity contribution in [1.82, 2.24) is 9.97 Å². The van der Waals surface area contributed by atoms with E-state index in [4.69, 9.17) is 11.6 Å². The van der Waals surface area contributed by atoms with Crippen LogP contribution >= 0.6 is 11.6 Å². The smallest absolute Gasteiger partial charge is 0.143 e. The zero-order valence-electron chi connectivity index (χ0n) is 9.46. The Morgan fingerprint density at radius 3 is 2.76 bits per heavy atom. The Morgan fingerprint density at radius 2 is 2.06 bits per heavy atom. The Hall–Kier alpha value is -1.68. The van der Waals surface area contributed by atoms with Gasteiger partial charge in [-0.2, -0.15) is 0 Å². The fraction of sp³-hybridized carbons (Fsp3) is 0.167. The predicted molar refractivity (Wildman–Crippen MR) is 66.2 cm³/mol. The summed E-state index contributed by atoms with van der Waals surface area (Å²) in [5, 5.41) is 3.13. The van der Waals surface area contributed by atoms with Crippen LogP contribution in [0.3, 0.4) is 0 Å². The second-order valence-corrected chi connectivity index (χ2v) is 4.11. The first-order chi connectivity index (χ1) is 8.06. The highest BCUT2D eigenvalue weighted by Gasteiger charge is 2.04. The van der Waals surface area contributed by atoms with E-state index in [1.54, 1.807) is 19.2 Å². The molecule has 0 aliphatic heterocycles. The first kappa shape index (κ1) is 11.8. The lowest BCUT2D eigenvalue weighted by atomic mass is 10.3. The van der Waals surface area contributed by atoms with Crippen molar-refractivity contribution in [3.63, 3.8) is 0 Å². The molecule has 3 nitrogen and oxygen atoms in total. The highest BCUT2D eigenvalue weighted by atomic mass is 35.5. The van der Waals surface area contributed by atoms with E-state index in [1.807, 2.05) is 6.92 Å². The third kappa shape index (κ3) is 2.71. The molecule has 0 unspecified atom stereocenters. The summed E-state index contributed by atoms with van der Waals surface area (Å²) in [5.74, 6) is 0.867. The summed E-state index contributed by atoms with van der Waals surface area (Å²) < 4.78 is 13.3. The quantitative estimate of drug-likeness (QED) is 0.886. The van der Waals surface area contributed by atoms with E-state index < -0.39 is 5.82 Å². The molecule has 0 atom stereocenters. The number of nitrogens with zero attached hydrogens (tertiary/aromatic N) is 2. The van der Waals surface area contributed by atoms with Crippen LogP contribution in [0.4, 0.5) is 15.9 Å². The molecule has 1 aromatic heterocycles. The zero-order valence-corrected chi connectivity index (χ0v) is 10.2. The molecule has 0 fully saturated rings. The number of aryl methyl sites for hydroxylation is 2. The SMILES string of the molecule is Cc1ncc(C)c(Nc2ccc(Cl)c(F)c2)n1. The molecule has 2 aromatic rings. The average Bonchev–Trinajstić information content (AvgIpc) is 2.29. The van der Waals surface area contributed by atoms with Crippen LogP contribution in [-0.2, 0) is 0 Å². The minimum atomic E-state index is -0.458. The third-order valence-electron chi connectivity index (χ3n) is 2.27. The number of hydrogen-bond acceptors (Lipinski definition) is 3. The van der Waals surface area contributed by atoms with Gasteiger partial charge in [0.25, 0.3) is 0 Å². The van der Waals surface area contributed by atoms with Crippen molar-refractivity contribution in [3.05, 3.63) is 46.6 Å². The summed E-state index contributed by atoms with van der Waals surface area (Å²) in [5.41, 5.74) is 1.50. The highest BCUT2D eigenvalue weighted by molar-refractivity contribution is 6.30. The van der Waals surface area contributed by atoms with Crippen LogP contribution in [0.15, 0.2) is 24.4 Å². The van der Waals surface area contributed by atoms with Gasteiger partial charge in [-0.05, 0) is 32.0 Å². The van der Waals surface area contributed by atoms with Crippen molar-refractivity contribution < 1.29 is 4.39 Å². The first-order valence-electron chi connectivity index (χ1n) is 5.08. The second kappa shape index (κ2) is 4.67. The topological polar surface area (TPSA) is 37.8 Å². The van der Waals surface area contributed by atoms with Crippen molar-refractivity contribution in [2.45, 2.75) is 13.8 Å². The summed E-state index contributed by atoms with van der Waals surface area (Å²) in [4.78, 5) is 8.31. The molecule has 0 radical (unpaired) electrons. The van der Waals surface area contributed by atoms with Gasteiger partial charge >= 0.3 is 0 Å². The van der Waals surface area contributed by atoms with E-state index in [9.17, 15) is 4.39 Å². The normalized spacial score (nSPS) is 10.4. The number of halogens is 2. The number of hydrogen-bond donors (Lipinski definition) is 1. The molecule has 1 aromatic carbocycles. The summed E-state index contributed by atoms with van der Waals surface area (Å²) in [6, 6.07) is 4.53. The molecule has 0 spiro atoms. The molecule has 0 aliphatic rings. The number of benzene rings is 1. The molecular formula is C12H11ClFN3. The third-order valence-corrected chi connectivity index (χ3v) is 2.58. The molecule has 0 bridgehead atoms. The fourth-order valence-corrected chi connectivity index (χ4v) is 1.48. The first-order valence-corrected chi connectivity index (χ1v) is 5.46. The van der Waals surface area contributed by atoms with E-state index in [1.165, 1.54) is 12.1 Å². The van der Waals surface area contributed by atoms with E-state index >= 15 is 0 Å². The van der Waals surface area contributed by atoms with Crippen molar-refractivity contribution in [2.75, 3.05) is 5.32 Å². The standard InChI is InChI=1S/C12H11ClFN3/c1-7-6-15-8(2)16-12(7)17-9-3-4-10(13)11(14)5-9/h3-6H,1-2H3,(H,15,16,17). The molecule has 1 N–H and O–H groups in total. The van der Waals surface area contributed by atoms with Crippen LogP contribution in [0, 0.1) is 19.7 Å². The molecule has 5 heteroatoms. The summed E-state index contributed by atoms with van der Waals surface area (Å²) in [6.45, 7) is 3.68. The van der Waals surface area contributed by atoms with Crippen molar-refractivity contribution in [1.29, 1.82) is 0 Å². The summed E-state index contributed by atoms with van der Waals surface area (Å²) in [6.07, 6.45) is 1.72. The maximum absolute atomic E-state index is 13.3. The maximum Gasteiger partial charge on any atom is 0.143 e. The number of nitrogens with one attached hydrogen (secondary N) is 1. The van der Waals surface area contributed by atoms with E-state index in [2.05, 4.69) is 15.3 Å². The van der Waals surface area contributed by atoms with Crippen LogP contribution in [0.5, 0.6) is 0 Å². The molecule has 2 rings (SSSR count). The fourth-order valence-electron chi connectivity index (χ4n) is 1.37. The Labute approximate surface area is 104 Å². The molecule has 0 aliphatic carbocycles. The maximum atomic E-state index is 13.3. The largest absolute Gasteiger partial charge is 0.340 e. The van der Waals surface area contributed by atoms with Gasteiger partial charge in [0.2, 0.25) is 0 Å². The van der Waals surface area contributed by atoms with Gasteiger partial charge in [0, 0.05) is 17.4 Å². The van der Waals surface area contributed by atoms with Crippen LogP contribution in [0.1, 0.15) is 11.4 Å². The number of anilines is 2. The lowest BCUT2D eigenvalue weighted by molar-refractivity contribution is 0.629. The van der Waals surface area contributed by atoms with Crippen LogP contribution < -0.4 is 5.32 Å². The number of aromatic nitrogens is 2. The zero-order chi connectivity index (χ0) is 12.4. The summed E-state index contributed by atoms with van der Waals surface area (Å²) >= 11 is 5.61. The van der Waals surface area contributed by atoms with Crippen molar-refractivity contribution in [2.24, 2.45) is 0 Å². The molecule has 88 valence electrons. The average molecular weight is 252 g/mol. The van der Waals surface area contributed by atoms with Gasteiger partial charge in [0.15, 0.2) is 0 Å². The molecule has 1 heterocycles. The highest BCUT2D eigenvalue weighted by Crippen LogP contribution is 2.22. The van der Waals surface area contributed by atoms with Crippen LogP contribution in [-0.4, -0.2) is 9.97 Å². The molecule has 0 saturated carbocycles. The Balaban J connectivity index is 2.31. The Kier molecular flexibility index (Phi) is 3.24. The lowest BCUT2D eigenvalue weighted by Gasteiger charge is -2.09. The van der Waals surface area contributed by atoms with E-state index in [-0.39, 0.29) is 5.02 Å². The van der Waals surface area contributed by atoms with E-state index in [0.29, 0.717) is 17.3 Å². The molecule has 0 amide bonds. The van der Waals surface area contributed by atoms with Gasteiger partial charge in [0.1, 0.15) is 17.5 Å². The van der Waals surface area contributed by atoms with Crippen LogP contribution in [0.2, 0.25) is 5.02 Å². The van der Waals surface area contributed by atoms with Gasteiger partial charge in [-0.1, -0.05) is 11.6 Å². The minimum absolute atomic E-state index is 0.103. The van der Waals surface area contributed by atoms with Gasteiger partial charge in [-0.3, -0.25) is 0 Å². The second-order valence-electron chi connectivity index (χ2n) is 3.70. The van der Waals surface area contributed by atoms with Gasteiger partial charge in [-0.25, -0.2) is 14.4 Å². The van der Waals surface area contributed by atoms with Gasteiger partial charge in [-0.15, -0.1) is 0 Å². The van der Waals surface area contributed by atoms with Crippen LogP contribution in [0.25, 0.3) is 0 Å². The summed E-state index contributed by atoms with van der Waals surface area (Å²) in [7, 11) is 0. The predicted octanol–water partition coefficient (Wildman–Crippen LogP) is 3.63. The molecule has 0 saturated heterocycles. The Bertz CT molecular complexity index is 557. The monoisotopic (exact) mass is 251 g/mol. The van der Waals surface area contributed by atoms with Crippen molar-refractivity contribution in [3.8, 4) is 0 Å². The van der Waals surface area contributed by atoms with Crippen molar-refractivity contribution >= 4 is 23.1 Å². The molecular weight excluding hydrogens is 241 g/mol. The minimum Gasteiger partial charge on any atom is -0.340 e. The van der Waals surface area contributed by atoms with E-state index in [0.717, 1.165) is 5.56 Å². The lowest BCUT2D eigenvalue weighted by Crippen LogP contribution is -2.00. The van der Waals surface area contributed by atoms with Gasteiger partial charge < -0.3 is 5.32 Å². The van der Waals surface area contributed by atoms with Gasteiger partial charge in [0.05, 0.1) is 5.02 Å². The Morgan fingerprint density at radius 1 is 1.29 bits per heavy atom. The number of rotatable bonds is 2. The molecule has 17 heavy (non-hydrogen) atoms.